The molecule has 1 unspecified atom stereocenters. The van der Waals surface area contributed by atoms with Crippen molar-refractivity contribution in [3.8, 4) is 0 Å². The van der Waals surface area contributed by atoms with Crippen molar-refractivity contribution in [2.24, 2.45) is 5.73 Å². The molecule has 1 amide bonds. The number of hydrogen-bond acceptors (Lipinski definition) is 5. The quantitative estimate of drug-likeness (QED) is 0.691. The summed E-state index contributed by atoms with van der Waals surface area (Å²) in [6, 6.07) is -0.784. The molecule has 2 atom stereocenters. The number of sulfone groups is 1. The lowest BCUT2D eigenvalue weighted by Gasteiger charge is -2.15. The predicted octanol–water partition coefficient (Wildman–Crippen LogP) is -0.630. The van der Waals surface area contributed by atoms with E-state index in [1.54, 1.807) is 11.8 Å². The van der Waals surface area contributed by atoms with E-state index < -0.39 is 15.9 Å². The number of hydrogen-bond donors (Lipinski definition) is 2. The summed E-state index contributed by atoms with van der Waals surface area (Å²) < 4.78 is 22.4. The fourth-order valence-electron chi connectivity index (χ4n) is 1.59. The van der Waals surface area contributed by atoms with E-state index in [0.29, 0.717) is 12.8 Å². The molecule has 0 saturated carbocycles. The van der Waals surface area contributed by atoms with E-state index in [4.69, 9.17) is 5.73 Å². The molecule has 1 aliphatic heterocycles. The van der Waals surface area contributed by atoms with Crippen LogP contribution in [0.5, 0.6) is 0 Å². The minimum absolute atomic E-state index is 0.0496. The highest BCUT2D eigenvalue weighted by atomic mass is 32.2. The molecule has 16 heavy (non-hydrogen) atoms. The van der Waals surface area contributed by atoms with Crippen molar-refractivity contribution in [1.29, 1.82) is 0 Å². The van der Waals surface area contributed by atoms with Crippen LogP contribution in [0.1, 0.15) is 12.8 Å². The average Bonchev–Trinajstić information content (AvgIpc) is 2.54. The van der Waals surface area contributed by atoms with Gasteiger partial charge < -0.3 is 11.1 Å². The second-order valence-electron chi connectivity index (χ2n) is 4.00. The third-order valence-corrected chi connectivity index (χ3v) is 4.96. The number of carbonyl (C=O) groups excluding carboxylic acids is 1. The van der Waals surface area contributed by atoms with Crippen LogP contribution in [0.4, 0.5) is 0 Å². The Hall–Kier alpha value is -0.270. The average molecular weight is 266 g/mol. The van der Waals surface area contributed by atoms with Crippen molar-refractivity contribution in [3.63, 3.8) is 0 Å². The van der Waals surface area contributed by atoms with Crippen LogP contribution in [-0.4, -0.2) is 49.9 Å². The second kappa shape index (κ2) is 5.88. The zero-order valence-electron chi connectivity index (χ0n) is 9.31. The molecule has 1 heterocycles. The Balaban J connectivity index is 2.35. The van der Waals surface area contributed by atoms with Gasteiger partial charge in [0.25, 0.3) is 0 Å². The normalized spacial score (nSPS) is 25.2. The van der Waals surface area contributed by atoms with Gasteiger partial charge >= 0.3 is 0 Å². The molecule has 1 aliphatic rings. The summed E-state index contributed by atoms with van der Waals surface area (Å²) in [6.07, 6.45) is 3.07. The zero-order valence-corrected chi connectivity index (χ0v) is 10.9. The van der Waals surface area contributed by atoms with Crippen molar-refractivity contribution >= 4 is 27.5 Å². The standard InChI is InChI=1S/C9H18N2O3S2/c1-15-4-2-8(10)9(12)11-7-3-5-16(13,14)6-7/h7-8H,2-6,10H2,1H3,(H,11,12)/t7?,8-/m1/s1. The van der Waals surface area contributed by atoms with Crippen LogP contribution in [-0.2, 0) is 14.6 Å². The van der Waals surface area contributed by atoms with Gasteiger partial charge in [-0.1, -0.05) is 0 Å². The van der Waals surface area contributed by atoms with Crippen LogP contribution < -0.4 is 11.1 Å². The van der Waals surface area contributed by atoms with Crippen LogP contribution in [0, 0.1) is 0 Å². The van der Waals surface area contributed by atoms with E-state index >= 15 is 0 Å². The summed E-state index contributed by atoms with van der Waals surface area (Å²) in [5, 5.41) is 2.69. The van der Waals surface area contributed by atoms with Gasteiger partial charge in [0.1, 0.15) is 0 Å². The molecule has 0 spiro atoms. The van der Waals surface area contributed by atoms with E-state index in [-0.39, 0.29) is 23.5 Å². The first-order chi connectivity index (χ1) is 7.44. The lowest BCUT2D eigenvalue weighted by molar-refractivity contribution is -0.122. The summed E-state index contributed by atoms with van der Waals surface area (Å²) in [5.74, 6) is 0.805. The first kappa shape index (κ1) is 13.8. The van der Waals surface area contributed by atoms with E-state index in [1.165, 1.54) is 0 Å². The summed E-state index contributed by atoms with van der Waals surface area (Å²) >= 11 is 1.63. The van der Waals surface area contributed by atoms with Gasteiger partial charge in [-0.25, -0.2) is 8.42 Å². The Kier molecular flexibility index (Phi) is 5.07. The van der Waals surface area contributed by atoms with Gasteiger partial charge in [0, 0.05) is 6.04 Å². The Morgan fingerprint density at radius 1 is 1.62 bits per heavy atom. The number of carbonyl (C=O) groups is 1. The third-order valence-electron chi connectivity index (χ3n) is 2.55. The monoisotopic (exact) mass is 266 g/mol. The van der Waals surface area contributed by atoms with Crippen LogP contribution in [0.3, 0.4) is 0 Å². The van der Waals surface area contributed by atoms with Crippen LogP contribution in [0.2, 0.25) is 0 Å². The third kappa shape index (κ3) is 4.31. The molecular formula is C9H18N2O3S2. The zero-order chi connectivity index (χ0) is 12.2. The summed E-state index contributed by atoms with van der Waals surface area (Å²) in [5.41, 5.74) is 5.67. The molecule has 3 N–H and O–H groups in total. The predicted molar refractivity (Wildman–Crippen MR) is 66.2 cm³/mol. The molecule has 0 aliphatic carbocycles. The van der Waals surface area contributed by atoms with E-state index in [1.807, 2.05) is 6.26 Å². The van der Waals surface area contributed by atoms with E-state index in [2.05, 4.69) is 5.32 Å². The maximum atomic E-state index is 11.6. The van der Waals surface area contributed by atoms with Crippen LogP contribution in [0.25, 0.3) is 0 Å². The smallest absolute Gasteiger partial charge is 0.237 e. The van der Waals surface area contributed by atoms with Crippen molar-refractivity contribution in [3.05, 3.63) is 0 Å². The van der Waals surface area contributed by atoms with Crippen molar-refractivity contribution in [2.75, 3.05) is 23.5 Å². The number of nitrogens with two attached hydrogens (primary N) is 1. The number of thioether (sulfide) groups is 1. The van der Waals surface area contributed by atoms with Gasteiger partial charge in [-0.2, -0.15) is 11.8 Å². The molecule has 7 heteroatoms. The topological polar surface area (TPSA) is 89.3 Å². The molecule has 1 fully saturated rings. The Morgan fingerprint density at radius 3 is 2.81 bits per heavy atom. The van der Waals surface area contributed by atoms with Gasteiger partial charge in [-0.15, -0.1) is 0 Å². The van der Waals surface area contributed by atoms with Crippen molar-refractivity contribution in [1.82, 2.24) is 5.32 Å². The first-order valence-electron chi connectivity index (χ1n) is 5.20. The van der Waals surface area contributed by atoms with E-state index in [0.717, 1.165) is 5.75 Å². The molecular weight excluding hydrogens is 248 g/mol. The highest BCUT2D eigenvalue weighted by Gasteiger charge is 2.29. The minimum atomic E-state index is -2.94. The summed E-state index contributed by atoms with van der Waals surface area (Å²) in [7, 11) is -2.94. The summed E-state index contributed by atoms with van der Waals surface area (Å²) in [4.78, 5) is 11.6. The molecule has 5 nitrogen and oxygen atoms in total. The largest absolute Gasteiger partial charge is 0.351 e. The van der Waals surface area contributed by atoms with Gasteiger partial charge in [-0.05, 0) is 24.9 Å². The minimum Gasteiger partial charge on any atom is -0.351 e. The molecule has 0 radical (unpaired) electrons. The number of nitrogens with one attached hydrogen (secondary N) is 1. The second-order valence-corrected chi connectivity index (χ2v) is 7.21. The molecule has 1 rings (SSSR count). The van der Waals surface area contributed by atoms with E-state index in [9.17, 15) is 13.2 Å². The highest BCUT2D eigenvalue weighted by molar-refractivity contribution is 7.98. The lowest BCUT2D eigenvalue weighted by Crippen LogP contribution is -2.46. The molecule has 0 aromatic heterocycles. The first-order valence-corrected chi connectivity index (χ1v) is 8.41. The maximum absolute atomic E-state index is 11.6. The van der Waals surface area contributed by atoms with Crippen molar-refractivity contribution < 1.29 is 13.2 Å². The fraction of sp³-hybridized carbons (Fsp3) is 0.889. The molecule has 1 saturated heterocycles. The molecule has 0 bridgehead atoms. The Morgan fingerprint density at radius 2 is 2.31 bits per heavy atom. The van der Waals surface area contributed by atoms with Gasteiger partial charge in [0.15, 0.2) is 9.84 Å². The number of rotatable bonds is 5. The Bertz CT molecular complexity index is 343. The lowest BCUT2D eigenvalue weighted by atomic mass is 10.2. The van der Waals surface area contributed by atoms with Gasteiger partial charge in [0.05, 0.1) is 17.5 Å². The Labute approximate surface area is 100 Å². The molecule has 0 aromatic rings. The van der Waals surface area contributed by atoms with Gasteiger partial charge in [-0.3, -0.25) is 4.79 Å². The summed E-state index contributed by atoms with van der Waals surface area (Å²) in [6.45, 7) is 0. The SMILES string of the molecule is CSCC[C@@H](N)C(=O)NC1CCS(=O)(=O)C1. The molecule has 94 valence electrons. The maximum Gasteiger partial charge on any atom is 0.237 e. The molecule has 0 aromatic carbocycles. The van der Waals surface area contributed by atoms with Crippen LogP contribution >= 0.6 is 11.8 Å². The highest BCUT2D eigenvalue weighted by Crippen LogP contribution is 2.11. The van der Waals surface area contributed by atoms with Crippen molar-refractivity contribution in [2.45, 2.75) is 24.9 Å². The fourth-order valence-corrected chi connectivity index (χ4v) is 3.76. The van der Waals surface area contributed by atoms with Gasteiger partial charge in [0.2, 0.25) is 5.91 Å². The van der Waals surface area contributed by atoms with Crippen LogP contribution in [0.15, 0.2) is 0 Å². The number of amides is 1.